The summed E-state index contributed by atoms with van der Waals surface area (Å²) in [6.45, 7) is 0.579. The predicted octanol–water partition coefficient (Wildman–Crippen LogP) is 2.05. The second kappa shape index (κ2) is 5.90. The fourth-order valence-corrected chi connectivity index (χ4v) is 2.45. The molecule has 2 aromatic rings. The zero-order valence-corrected chi connectivity index (χ0v) is 12.0. The van der Waals surface area contributed by atoms with Crippen molar-refractivity contribution < 1.29 is 4.79 Å². The number of hydrogen-bond acceptors (Lipinski definition) is 4. The Morgan fingerprint density at radius 3 is 2.79 bits per heavy atom. The molecule has 1 amide bonds. The number of nitrogens with two attached hydrogens (primary N) is 1. The van der Waals surface area contributed by atoms with Gasteiger partial charge in [0, 0.05) is 23.7 Å². The summed E-state index contributed by atoms with van der Waals surface area (Å²) < 4.78 is 0. The highest BCUT2D eigenvalue weighted by molar-refractivity contribution is 7.80. The Morgan fingerprint density at radius 2 is 2.26 bits per heavy atom. The number of thiocarbonyl (C=S) groups is 1. The van der Waals surface area contributed by atoms with Crippen LogP contribution in [0, 0.1) is 0 Å². The van der Waals surface area contributed by atoms with Crippen LogP contribution in [0.5, 0.6) is 0 Å². The summed E-state index contributed by atoms with van der Waals surface area (Å²) in [4.78, 5) is 19.3. The first-order valence-corrected chi connectivity index (χ1v) is 6.90. The first-order valence-electron chi connectivity index (χ1n) is 5.61. The minimum absolute atomic E-state index is 0.122. The van der Waals surface area contributed by atoms with Crippen LogP contribution >= 0.6 is 23.6 Å². The molecule has 0 bridgehead atoms. The number of pyridine rings is 1. The minimum Gasteiger partial charge on any atom is -0.389 e. The highest BCUT2D eigenvalue weighted by Crippen LogP contribution is 2.12. The normalized spacial score (nSPS) is 10.2. The van der Waals surface area contributed by atoms with Gasteiger partial charge in [-0.05, 0) is 23.6 Å². The van der Waals surface area contributed by atoms with Gasteiger partial charge in [0.25, 0.3) is 5.91 Å². The van der Waals surface area contributed by atoms with E-state index in [1.165, 1.54) is 6.20 Å². The molecule has 2 heterocycles. The average molecular weight is 291 g/mol. The van der Waals surface area contributed by atoms with E-state index in [9.17, 15) is 4.79 Å². The lowest BCUT2D eigenvalue weighted by Gasteiger charge is -2.15. The largest absolute Gasteiger partial charge is 0.389 e. The number of rotatable bonds is 4. The highest BCUT2D eigenvalue weighted by Gasteiger charge is 2.13. The first-order chi connectivity index (χ1) is 9.08. The van der Waals surface area contributed by atoms with Gasteiger partial charge in [0.15, 0.2) is 0 Å². The van der Waals surface area contributed by atoms with Crippen LogP contribution in [0.2, 0.25) is 0 Å². The van der Waals surface area contributed by atoms with Crippen LogP contribution in [0.25, 0.3) is 0 Å². The fraction of sp³-hybridized carbons (Fsp3) is 0.154. The van der Waals surface area contributed by atoms with Gasteiger partial charge in [0.2, 0.25) is 0 Å². The highest BCUT2D eigenvalue weighted by atomic mass is 32.1. The quantitative estimate of drug-likeness (QED) is 0.876. The zero-order chi connectivity index (χ0) is 13.8. The molecule has 0 radical (unpaired) electrons. The number of amides is 1. The Balaban J connectivity index is 2.08. The maximum atomic E-state index is 12.2. The van der Waals surface area contributed by atoms with E-state index in [4.69, 9.17) is 18.0 Å². The third-order valence-electron chi connectivity index (χ3n) is 2.59. The third kappa shape index (κ3) is 3.36. The molecule has 0 saturated carbocycles. The van der Waals surface area contributed by atoms with Crippen molar-refractivity contribution in [3.05, 3.63) is 52.0 Å². The van der Waals surface area contributed by atoms with Crippen molar-refractivity contribution in [3.8, 4) is 0 Å². The van der Waals surface area contributed by atoms with Crippen LogP contribution in [0.4, 0.5) is 0 Å². The molecule has 0 fully saturated rings. The van der Waals surface area contributed by atoms with Gasteiger partial charge in [-0.15, -0.1) is 11.3 Å². The number of hydrogen-bond donors (Lipinski definition) is 1. The molecule has 2 aromatic heterocycles. The molecule has 2 rings (SSSR count). The molecule has 98 valence electrons. The predicted molar refractivity (Wildman–Crippen MR) is 80.2 cm³/mol. The monoisotopic (exact) mass is 291 g/mol. The molecular weight excluding hydrogens is 278 g/mol. The minimum atomic E-state index is -0.122. The van der Waals surface area contributed by atoms with E-state index < -0.39 is 0 Å². The Labute approximate surface area is 120 Å². The summed E-state index contributed by atoms with van der Waals surface area (Å²) in [5, 5.41) is 1.99. The molecule has 0 aliphatic heterocycles. The molecule has 0 saturated heterocycles. The van der Waals surface area contributed by atoms with E-state index in [0.717, 1.165) is 4.88 Å². The maximum absolute atomic E-state index is 12.2. The second-order valence-corrected chi connectivity index (χ2v) is 5.51. The van der Waals surface area contributed by atoms with Gasteiger partial charge < -0.3 is 10.6 Å². The lowest BCUT2D eigenvalue weighted by atomic mass is 10.2. The van der Waals surface area contributed by atoms with Crippen LogP contribution in [0.3, 0.4) is 0 Å². The van der Waals surface area contributed by atoms with Crippen molar-refractivity contribution in [2.24, 2.45) is 5.73 Å². The summed E-state index contributed by atoms with van der Waals surface area (Å²) in [6.07, 6.45) is 1.52. The lowest BCUT2D eigenvalue weighted by molar-refractivity contribution is 0.0780. The second-order valence-electron chi connectivity index (χ2n) is 4.04. The number of carbonyl (C=O) groups excluding carboxylic acids is 1. The Bertz CT molecular complexity index is 578. The average Bonchev–Trinajstić information content (AvgIpc) is 2.90. The summed E-state index contributed by atoms with van der Waals surface area (Å²) in [6, 6.07) is 7.31. The molecule has 0 aromatic carbocycles. The summed E-state index contributed by atoms with van der Waals surface area (Å²) >= 11 is 6.47. The Morgan fingerprint density at radius 1 is 1.47 bits per heavy atom. The fourth-order valence-electron chi connectivity index (χ4n) is 1.57. The summed E-state index contributed by atoms with van der Waals surface area (Å²) in [5.41, 5.74) is 6.54. The van der Waals surface area contributed by atoms with Gasteiger partial charge in [-0.1, -0.05) is 18.3 Å². The van der Waals surface area contributed by atoms with E-state index in [1.54, 1.807) is 35.4 Å². The molecule has 6 heteroatoms. The van der Waals surface area contributed by atoms with E-state index in [-0.39, 0.29) is 10.9 Å². The van der Waals surface area contributed by atoms with Crippen molar-refractivity contribution >= 4 is 34.5 Å². The molecule has 0 unspecified atom stereocenters. The van der Waals surface area contributed by atoms with Crippen molar-refractivity contribution in [2.75, 3.05) is 7.05 Å². The van der Waals surface area contributed by atoms with Gasteiger partial charge in [0.1, 0.15) is 10.7 Å². The van der Waals surface area contributed by atoms with Gasteiger partial charge in [-0.25, -0.2) is 0 Å². The zero-order valence-electron chi connectivity index (χ0n) is 10.4. The van der Waals surface area contributed by atoms with E-state index in [2.05, 4.69) is 4.98 Å². The van der Waals surface area contributed by atoms with Crippen LogP contribution in [0.15, 0.2) is 35.8 Å². The molecule has 0 atom stereocenters. The molecular formula is C13H13N3OS2. The van der Waals surface area contributed by atoms with Crippen molar-refractivity contribution in [2.45, 2.75) is 6.54 Å². The van der Waals surface area contributed by atoms with Gasteiger partial charge in [-0.3, -0.25) is 9.78 Å². The SMILES string of the molecule is CN(Cc1cccs1)C(=O)c1ccc(C(N)=S)cn1. The van der Waals surface area contributed by atoms with E-state index >= 15 is 0 Å². The van der Waals surface area contributed by atoms with Crippen LogP contribution in [-0.2, 0) is 6.54 Å². The number of nitrogens with zero attached hydrogens (tertiary/aromatic N) is 2. The topological polar surface area (TPSA) is 59.2 Å². The number of thiophene rings is 1. The number of aromatic nitrogens is 1. The lowest BCUT2D eigenvalue weighted by Crippen LogP contribution is -2.26. The first kappa shape index (κ1) is 13.6. The van der Waals surface area contributed by atoms with E-state index in [0.29, 0.717) is 17.8 Å². The van der Waals surface area contributed by atoms with Crippen LogP contribution in [0.1, 0.15) is 20.9 Å². The smallest absolute Gasteiger partial charge is 0.272 e. The molecule has 0 aliphatic carbocycles. The summed E-state index contributed by atoms with van der Waals surface area (Å²) in [5.74, 6) is -0.122. The van der Waals surface area contributed by atoms with Crippen LogP contribution in [-0.4, -0.2) is 27.8 Å². The molecule has 0 aliphatic rings. The molecule has 19 heavy (non-hydrogen) atoms. The van der Waals surface area contributed by atoms with Crippen LogP contribution < -0.4 is 5.73 Å². The van der Waals surface area contributed by atoms with Crippen molar-refractivity contribution in [1.82, 2.24) is 9.88 Å². The van der Waals surface area contributed by atoms with Crippen molar-refractivity contribution in [1.29, 1.82) is 0 Å². The van der Waals surface area contributed by atoms with E-state index in [1.807, 2.05) is 17.5 Å². The standard InChI is InChI=1S/C13H13N3OS2/c1-16(8-10-3-2-6-19-10)13(17)11-5-4-9(7-15-11)12(14)18/h2-7H,8H2,1H3,(H2,14,18). The Hall–Kier alpha value is -1.79. The molecule has 0 spiro atoms. The molecule has 2 N–H and O–H groups in total. The van der Waals surface area contributed by atoms with Gasteiger partial charge in [0.05, 0.1) is 6.54 Å². The third-order valence-corrected chi connectivity index (χ3v) is 3.68. The summed E-state index contributed by atoms with van der Waals surface area (Å²) in [7, 11) is 1.76. The van der Waals surface area contributed by atoms with Gasteiger partial charge >= 0.3 is 0 Å². The van der Waals surface area contributed by atoms with Gasteiger partial charge in [-0.2, -0.15) is 0 Å². The molecule has 4 nitrogen and oxygen atoms in total. The Kier molecular flexibility index (Phi) is 4.24. The van der Waals surface area contributed by atoms with Crippen molar-refractivity contribution in [3.63, 3.8) is 0 Å². The number of carbonyl (C=O) groups is 1. The maximum Gasteiger partial charge on any atom is 0.272 e.